The van der Waals surface area contributed by atoms with E-state index in [2.05, 4.69) is 15.5 Å². The molecule has 1 aliphatic heterocycles. The van der Waals surface area contributed by atoms with Gasteiger partial charge < -0.3 is 25.2 Å². The van der Waals surface area contributed by atoms with Gasteiger partial charge in [0, 0.05) is 37.1 Å². The van der Waals surface area contributed by atoms with Gasteiger partial charge >= 0.3 is 0 Å². The number of ether oxygens (including phenoxy) is 1. The molecule has 34 heavy (non-hydrogen) atoms. The highest BCUT2D eigenvalue weighted by Gasteiger charge is 2.25. The quantitative estimate of drug-likeness (QED) is 0.539. The van der Waals surface area contributed by atoms with Gasteiger partial charge in [-0.05, 0) is 54.8 Å². The zero-order chi connectivity index (χ0) is 24.3. The monoisotopic (exact) mass is 484 g/mol. The van der Waals surface area contributed by atoms with E-state index in [9.17, 15) is 14.4 Å². The number of thioether (sulfide) groups is 1. The van der Waals surface area contributed by atoms with Gasteiger partial charge in [0.25, 0.3) is 5.91 Å². The number of morpholine rings is 1. The Morgan fingerprint density at radius 1 is 1.06 bits per heavy atom. The van der Waals surface area contributed by atoms with E-state index in [0.29, 0.717) is 36.6 Å². The molecule has 8 nitrogen and oxygen atoms in total. The van der Waals surface area contributed by atoms with Crippen molar-refractivity contribution in [3.8, 4) is 0 Å². The first-order chi connectivity index (χ1) is 16.5. The van der Waals surface area contributed by atoms with Crippen molar-refractivity contribution in [1.82, 2.24) is 10.2 Å². The summed E-state index contributed by atoms with van der Waals surface area (Å²) in [5.74, 6) is -0.191. The summed E-state index contributed by atoms with van der Waals surface area (Å²) in [5, 5.41) is 5.66. The second-order valence-electron chi connectivity index (χ2n) is 8.06. The van der Waals surface area contributed by atoms with Crippen molar-refractivity contribution in [2.45, 2.75) is 12.5 Å². The van der Waals surface area contributed by atoms with Crippen molar-refractivity contribution < 1.29 is 19.1 Å². The summed E-state index contributed by atoms with van der Waals surface area (Å²) in [5.41, 5.74) is 2.24. The average Bonchev–Trinajstić information content (AvgIpc) is 2.87. The van der Waals surface area contributed by atoms with E-state index >= 15 is 0 Å². The summed E-state index contributed by atoms with van der Waals surface area (Å²) >= 11 is 1.60. The van der Waals surface area contributed by atoms with Crippen LogP contribution in [0.1, 0.15) is 16.8 Å². The molecule has 0 saturated carbocycles. The minimum Gasteiger partial charge on any atom is -0.378 e. The zero-order valence-corrected chi connectivity index (χ0v) is 20.5. The number of carbonyl (C=O) groups is 3. The molecule has 1 fully saturated rings. The number of hydrogen-bond acceptors (Lipinski definition) is 6. The van der Waals surface area contributed by atoms with Gasteiger partial charge in [0.15, 0.2) is 0 Å². The minimum atomic E-state index is -0.703. The van der Waals surface area contributed by atoms with E-state index in [1.54, 1.807) is 43.1 Å². The third-order valence-corrected chi connectivity index (χ3v) is 6.18. The number of benzene rings is 2. The molecule has 0 unspecified atom stereocenters. The van der Waals surface area contributed by atoms with Gasteiger partial charge in [-0.25, -0.2) is 0 Å². The Morgan fingerprint density at radius 3 is 2.38 bits per heavy atom. The fraction of sp³-hybridized carbons (Fsp3) is 0.400. The standard InChI is InChI=1S/C25H32N4O4S/c1-28(25(32)22(12-17-34-2)27-24(31)19-6-4-3-5-7-19)18-23(30)26-20-8-10-21(11-9-20)29-13-15-33-16-14-29/h3-11,22H,12-18H2,1-2H3,(H,26,30)(H,27,31)/t22-/m1/s1. The third kappa shape index (κ3) is 7.50. The Bertz CT molecular complexity index is 949. The number of carbonyl (C=O) groups excluding carboxylic acids is 3. The van der Waals surface area contributed by atoms with Crippen LogP contribution >= 0.6 is 11.8 Å². The van der Waals surface area contributed by atoms with E-state index in [0.717, 1.165) is 18.8 Å². The highest BCUT2D eigenvalue weighted by atomic mass is 32.2. The van der Waals surface area contributed by atoms with Crippen molar-refractivity contribution in [2.24, 2.45) is 0 Å². The Kier molecular flexibility index (Phi) is 9.78. The lowest BCUT2D eigenvalue weighted by molar-refractivity contribution is -0.135. The number of rotatable bonds is 10. The lowest BCUT2D eigenvalue weighted by Gasteiger charge is -2.29. The molecule has 1 aliphatic rings. The number of likely N-dealkylation sites (N-methyl/N-ethyl adjacent to an activating group) is 1. The summed E-state index contributed by atoms with van der Waals surface area (Å²) in [6.07, 6.45) is 2.43. The minimum absolute atomic E-state index is 0.110. The van der Waals surface area contributed by atoms with Crippen LogP contribution in [-0.4, -0.2) is 80.6 Å². The molecule has 1 saturated heterocycles. The number of amides is 3. The Labute approximate surface area is 205 Å². The molecule has 2 aromatic carbocycles. The van der Waals surface area contributed by atoms with Gasteiger partial charge in [0.1, 0.15) is 6.04 Å². The summed E-state index contributed by atoms with van der Waals surface area (Å²) < 4.78 is 5.38. The van der Waals surface area contributed by atoms with Crippen molar-refractivity contribution in [3.63, 3.8) is 0 Å². The molecule has 0 bridgehead atoms. The molecular formula is C25H32N4O4S. The molecule has 3 rings (SSSR count). The lowest BCUT2D eigenvalue weighted by atomic mass is 10.1. The van der Waals surface area contributed by atoms with Gasteiger partial charge in [-0.1, -0.05) is 18.2 Å². The smallest absolute Gasteiger partial charge is 0.251 e. The van der Waals surface area contributed by atoms with Crippen molar-refractivity contribution in [3.05, 3.63) is 60.2 Å². The Hall–Kier alpha value is -3.04. The molecule has 2 N–H and O–H groups in total. The first-order valence-corrected chi connectivity index (χ1v) is 12.7. The Morgan fingerprint density at radius 2 is 1.74 bits per heavy atom. The van der Waals surface area contributed by atoms with Crippen molar-refractivity contribution in [2.75, 3.05) is 62.1 Å². The first kappa shape index (κ1) is 25.6. The molecule has 1 atom stereocenters. The van der Waals surface area contributed by atoms with E-state index in [1.165, 1.54) is 4.90 Å². The van der Waals surface area contributed by atoms with E-state index in [4.69, 9.17) is 4.74 Å². The second-order valence-corrected chi connectivity index (χ2v) is 9.05. The second kappa shape index (κ2) is 13.0. The number of anilines is 2. The third-order valence-electron chi connectivity index (χ3n) is 5.53. The van der Waals surface area contributed by atoms with Crippen LogP contribution in [0.5, 0.6) is 0 Å². The predicted octanol–water partition coefficient (Wildman–Crippen LogP) is 2.47. The summed E-state index contributed by atoms with van der Waals surface area (Å²) in [6.45, 7) is 3.00. The van der Waals surface area contributed by atoms with Gasteiger partial charge in [-0.15, -0.1) is 0 Å². The summed E-state index contributed by atoms with van der Waals surface area (Å²) in [4.78, 5) is 41.8. The molecule has 1 heterocycles. The van der Waals surface area contributed by atoms with Crippen molar-refractivity contribution >= 4 is 40.9 Å². The predicted molar refractivity (Wildman–Crippen MR) is 136 cm³/mol. The van der Waals surface area contributed by atoms with Crippen molar-refractivity contribution in [1.29, 1.82) is 0 Å². The maximum atomic E-state index is 13.0. The van der Waals surface area contributed by atoms with Gasteiger partial charge in [-0.2, -0.15) is 11.8 Å². The SMILES string of the molecule is CSCC[C@@H](NC(=O)c1ccccc1)C(=O)N(C)CC(=O)Nc1ccc(N2CCOCC2)cc1. The highest BCUT2D eigenvalue weighted by molar-refractivity contribution is 7.98. The first-order valence-electron chi connectivity index (χ1n) is 11.3. The number of nitrogens with one attached hydrogen (secondary N) is 2. The fourth-order valence-corrected chi connectivity index (χ4v) is 4.13. The Balaban J connectivity index is 1.54. The van der Waals surface area contributed by atoms with E-state index in [1.807, 2.05) is 36.6 Å². The highest BCUT2D eigenvalue weighted by Crippen LogP contribution is 2.19. The van der Waals surface area contributed by atoms with Crippen LogP contribution in [0, 0.1) is 0 Å². The zero-order valence-electron chi connectivity index (χ0n) is 19.7. The van der Waals surface area contributed by atoms with Crippen LogP contribution in [0.25, 0.3) is 0 Å². The molecule has 0 aliphatic carbocycles. The van der Waals surface area contributed by atoms with E-state index in [-0.39, 0.29) is 24.3 Å². The van der Waals surface area contributed by atoms with Gasteiger partial charge in [0.2, 0.25) is 11.8 Å². The number of nitrogens with zero attached hydrogens (tertiary/aromatic N) is 2. The molecule has 0 aromatic heterocycles. The number of hydrogen-bond donors (Lipinski definition) is 2. The van der Waals surface area contributed by atoms with E-state index < -0.39 is 6.04 Å². The van der Waals surface area contributed by atoms with Crippen LogP contribution in [0.4, 0.5) is 11.4 Å². The maximum Gasteiger partial charge on any atom is 0.251 e. The van der Waals surface area contributed by atoms with Crippen LogP contribution < -0.4 is 15.5 Å². The molecule has 9 heteroatoms. The molecule has 0 radical (unpaired) electrons. The van der Waals surface area contributed by atoms with Crippen LogP contribution in [0.2, 0.25) is 0 Å². The van der Waals surface area contributed by atoms with Gasteiger partial charge in [-0.3, -0.25) is 14.4 Å². The summed E-state index contributed by atoms with van der Waals surface area (Å²) in [6, 6.07) is 15.7. The lowest BCUT2D eigenvalue weighted by Crippen LogP contribution is -2.49. The maximum absolute atomic E-state index is 13.0. The van der Waals surface area contributed by atoms with Gasteiger partial charge in [0.05, 0.1) is 19.8 Å². The topological polar surface area (TPSA) is 91.0 Å². The van der Waals surface area contributed by atoms with Crippen LogP contribution in [0.3, 0.4) is 0 Å². The normalized spacial score (nSPS) is 14.2. The average molecular weight is 485 g/mol. The molecule has 3 amide bonds. The van der Waals surface area contributed by atoms with Crippen LogP contribution in [0.15, 0.2) is 54.6 Å². The fourth-order valence-electron chi connectivity index (χ4n) is 3.66. The molecular weight excluding hydrogens is 452 g/mol. The molecule has 182 valence electrons. The molecule has 2 aromatic rings. The van der Waals surface area contributed by atoms with Crippen LogP contribution in [-0.2, 0) is 14.3 Å². The largest absolute Gasteiger partial charge is 0.378 e. The molecule has 0 spiro atoms. The summed E-state index contributed by atoms with van der Waals surface area (Å²) in [7, 11) is 1.57.